The third kappa shape index (κ3) is 1.43. The molecule has 0 spiro atoms. The van der Waals surface area contributed by atoms with E-state index >= 15 is 0 Å². The number of benzene rings is 1. The van der Waals surface area contributed by atoms with E-state index in [2.05, 4.69) is 0 Å². The van der Waals surface area contributed by atoms with Gasteiger partial charge in [-0.05, 0) is 25.5 Å². The van der Waals surface area contributed by atoms with Gasteiger partial charge >= 0.3 is 0 Å². The summed E-state index contributed by atoms with van der Waals surface area (Å²) >= 11 is 0. The van der Waals surface area contributed by atoms with Gasteiger partial charge in [0.25, 0.3) is 0 Å². The van der Waals surface area contributed by atoms with Crippen molar-refractivity contribution < 1.29 is 9.21 Å². The molecular formula is C12H12O2. The first-order valence-corrected chi connectivity index (χ1v) is 4.65. The van der Waals surface area contributed by atoms with E-state index in [4.69, 9.17) is 4.42 Å². The number of carbonyl (C=O) groups is 1. The van der Waals surface area contributed by atoms with Crippen LogP contribution in [-0.2, 0) is 11.2 Å². The average Bonchev–Trinajstić information content (AvgIpc) is 2.44. The van der Waals surface area contributed by atoms with E-state index in [1.165, 1.54) is 0 Å². The largest absolute Gasteiger partial charge is 0.460 e. The molecule has 72 valence electrons. The molecule has 2 aromatic rings. The zero-order valence-electron chi connectivity index (χ0n) is 8.33. The maximum atomic E-state index is 11.0. The molecular weight excluding hydrogens is 176 g/mol. The van der Waals surface area contributed by atoms with Crippen LogP contribution in [0.1, 0.15) is 18.2 Å². The fraction of sp³-hybridized carbons (Fsp3) is 0.250. The van der Waals surface area contributed by atoms with Crippen LogP contribution in [0.2, 0.25) is 0 Å². The number of carbonyl (C=O) groups excluding carboxylic acids is 1. The van der Waals surface area contributed by atoms with Crippen molar-refractivity contribution >= 4 is 16.8 Å². The lowest BCUT2D eigenvalue weighted by Gasteiger charge is -1.92. The summed E-state index contributed by atoms with van der Waals surface area (Å²) in [6.07, 6.45) is 0.389. The molecule has 0 atom stereocenters. The molecule has 1 aromatic carbocycles. The Morgan fingerprint density at radius 3 is 2.71 bits per heavy atom. The van der Waals surface area contributed by atoms with E-state index in [0.29, 0.717) is 6.42 Å². The van der Waals surface area contributed by atoms with Crippen molar-refractivity contribution in [2.24, 2.45) is 0 Å². The molecule has 0 saturated heterocycles. The van der Waals surface area contributed by atoms with E-state index < -0.39 is 0 Å². The molecule has 2 rings (SSSR count). The zero-order chi connectivity index (χ0) is 10.1. The second kappa shape index (κ2) is 3.29. The van der Waals surface area contributed by atoms with Gasteiger partial charge in [-0.1, -0.05) is 18.2 Å². The minimum absolute atomic E-state index is 0.132. The minimum Gasteiger partial charge on any atom is -0.460 e. The average molecular weight is 188 g/mol. The highest BCUT2D eigenvalue weighted by Crippen LogP contribution is 2.25. The smallest absolute Gasteiger partial charge is 0.137 e. The summed E-state index contributed by atoms with van der Waals surface area (Å²) in [5, 5.41) is 1.10. The predicted molar refractivity (Wildman–Crippen MR) is 55.3 cm³/mol. The molecule has 0 fully saturated rings. The quantitative estimate of drug-likeness (QED) is 0.725. The van der Waals surface area contributed by atoms with Gasteiger partial charge in [0.05, 0.1) is 6.42 Å². The van der Waals surface area contributed by atoms with Gasteiger partial charge in [0.1, 0.15) is 17.1 Å². The Hall–Kier alpha value is -1.57. The molecule has 0 saturated carbocycles. The van der Waals surface area contributed by atoms with Crippen LogP contribution in [0.15, 0.2) is 28.7 Å². The molecule has 2 nitrogen and oxygen atoms in total. The van der Waals surface area contributed by atoms with Gasteiger partial charge in [0.2, 0.25) is 0 Å². The first kappa shape index (κ1) is 9.00. The summed E-state index contributed by atoms with van der Waals surface area (Å²) in [4.78, 5) is 11.0. The van der Waals surface area contributed by atoms with E-state index in [0.717, 1.165) is 22.3 Å². The third-order valence-corrected chi connectivity index (χ3v) is 2.35. The highest BCUT2D eigenvalue weighted by atomic mass is 16.3. The summed E-state index contributed by atoms with van der Waals surface area (Å²) in [6.45, 7) is 3.57. The highest BCUT2D eigenvalue weighted by molar-refractivity contribution is 5.85. The van der Waals surface area contributed by atoms with E-state index in [-0.39, 0.29) is 5.78 Å². The molecule has 1 heterocycles. The number of fused-ring (bicyclic) bond motifs is 1. The van der Waals surface area contributed by atoms with Crippen LogP contribution in [0.3, 0.4) is 0 Å². The molecule has 0 bridgehead atoms. The molecule has 0 unspecified atom stereocenters. The van der Waals surface area contributed by atoms with Gasteiger partial charge in [-0.15, -0.1) is 0 Å². The standard InChI is InChI=1S/C12H12O2/c1-8(13)7-12-9(2)10-5-3-4-6-11(10)14-12/h3-6H,7H2,1-2H3. The van der Waals surface area contributed by atoms with E-state index in [1.54, 1.807) is 6.92 Å². The first-order valence-electron chi connectivity index (χ1n) is 4.65. The molecule has 14 heavy (non-hydrogen) atoms. The van der Waals surface area contributed by atoms with Gasteiger partial charge in [-0.25, -0.2) is 0 Å². The molecule has 2 heteroatoms. The van der Waals surface area contributed by atoms with Crippen molar-refractivity contribution in [2.45, 2.75) is 20.3 Å². The van der Waals surface area contributed by atoms with Crippen molar-refractivity contribution in [3.8, 4) is 0 Å². The van der Waals surface area contributed by atoms with Crippen molar-refractivity contribution in [1.29, 1.82) is 0 Å². The summed E-state index contributed by atoms with van der Waals surface area (Å²) in [6, 6.07) is 7.84. The van der Waals surface area contributed by atoms with Crippen molar-refractivity contribution in [3.05, 3.63) is 35.6 Å². The van der Waals surface area contributed by atoms with Crippen LogP contribution >= 0.6 is 0 Å². The molecule has 0 N–H and O–H groups in total. The van der Waals surface area contributed by atoms with Gasteiger partial charge < -0.3 is 4.42 Å². The number of hydrogen-bond donors (Lipinski definition) is 0. The lowest BCUT2D eigenvalue weighted by Crippen LogP contribution is -1.95. The Morgan fingerprint density at radius 2 is 2.07 bits per heavy atom. The van der Waals surface area contributed by atoms with Crippen LogP contribution in [0.25, 0.3) is 11.0 Å². The van der Waals surface area contributed by atoms with Gasteiger partial charge in [0, 0.05) is 5.39 Å². The van der Waals surface area contributed by atoms with E-state index in [9.17, 15) is 4.79 Å². The van der Waals surface area contributed by atoms with Crippen LogP contribution in [0, 0.1) is 6.92 Å². The number of hydrogen-bond acceptors (Lipinski definition) is 2. The Labute approximate surface area is 82.5 Å². The fourth-order valence-electron chi connectivity index (χ4n) is 1.62. The maximum absolute atomic E-state index is 11.0. The number of rotatable bonds is 2. The Kier molecular flexibility index (Phi) is 2.12. The first-order chi connectivity index (χ1) is 6.68. The van der Waals surface area contributed by atoms with Gasteiger partial charge in [0.15, 0.2) is 0 Å². The van der Waals surface area contributed by atoms with Crippen LogP contribution in [0.5, 0.6) is 0 Å². The SMILES string of the molecule is CC(=O)Cc1oc2ccccc2c1C. The normalized spacial score (nSPS) is 10.7. The lowest BCUT2D eigenvalue weighted by molar-refractivity contribution is -0.116. The minimum atomic E-state index is 0.132. The van der Waals surface area contributed by atoms with Crippen LogP contribution in [0.4, 0.5) is 0 Å². The molecule has 0 radical (unpaired) electrons. The molecule has 1 aromatic heterocycles. The maximum Gasteiger partial charge on any atom is 0.137 e. The van der Waals surface area contributed by atoms with Crippen LogP contribution in [-0.4, -0.2) is 5.78 Å². The van der Waals surface area contributed by atoms with Gasteiger partial charge in [-0.2, -0.15) is 0 Å². The Morgan fingerprint density at radius 1 is 1.36 bits per heavy atom. The van der Waals surface area contributed by atoms with Crippen LogP contribution < -0.4 is 0 Å². The third-order valence-electron chi connectivity index (χ3n) is 2.35. The zero-order valence-corrected chi connectivity index (χ0v) is 8.33. The Balaban J connectivity index is 2.57. The lowest BCUT2D eigenvalue weighted by atomic mass is 10.1. The molecule has 0 aliphatic carbocycles. The number of furan rings is 1. The number of para-hydroxylation sites is 1. The summed E-state index contributed by atoms with van der Waals surface area (Å²) in [5.74, 6) is 0.922. The van der Waals surface area contributed by atoms with Gasteiger partial charge in [-0.3, -0.25) is 4.79 Å². The summed E-state index contributed by atoms with van der Waals surface area (Å²) in [7, 11) is 0. The number of ketones is 1. The Bertz CT molecular complexity index is 480. The summed E-state index contributed by atoms with van der Waals surface area (Å²) in [5.41, 5.74) is 1.94. The van der Waals surface area contributed by atoms with Crippen molar-refractivity contribution in [2.75, 3.05) is 0 Å². The highest BCUT2D eigenvalue weighted by Gasteiger charge is 2.10. The molecule has 0 aliphatic heterocycles. The second-order valence-corrected chi connectivity index (χ2v) is 3.53. The van der Waals surface area contributed by atoms with E-state index in [1.807, 2.05) is 31.2 Å². The molecule has 0 amide bonds. The van der Waals surface area contributed by atoms with Crippen molar-refractivity contribution in [3.63, 3.8) is 0 Å². The topological polar surface area (TPSA) is 30.2 Å². The number of Topliss-reactive ketones (excluding diaryl/α,β-unsaturated/α-hetero) is 1. The number of aryl methyl sites for hydroxylation is 1. The fourth-order valence-corrected chi connectivity index (χ4v) is 1.62. The second-order valence-electron chi connectivity index (χ2n) is 3.53. The molecule has 0 aliphatic rings. The predicted octanol–water partition coefficient (Wildman–Crippen LogP) is 2.87. The van der Waals surface area contributed by atoms with Crippen molar-refractivity contribution in [1.82, 2.24) is 0 Å². The monoisotopic (exact) mass is 188 g/mol. The summed E-state index contributed by atoms with van der Waals surface area (Å²) < 4.78 is 5.59.